The molecule has 0 bridgehead atoms. The van der Waals surface area contributed by atoms with Crippen LogP contribution in [0.15, 0.2) is 23.1 Å². The van der Waals surface area contributed by atoms with Crippen molar-refractivity contribution in [2.24, 2.45) is 5.92 Å². The lowest BCUT2D eigenvalue weighted by atomic mass is 10.0. The predicted molar refractivity (Wildman–Crippen MR) is 82.0 cm³/mol. The Bertz CT molecular complexity index is 646. The van der Waals surface area contributed by atoms with Gasteiger partial charge >= 0.3 is 5.97 Å². The summed E-state index contributed by atoms with van der Waals surface area (Å²) in [7, 11) is 0. The van der Waals surface area contributed by atoms with E-state index in [1.165, 1.54) is 11.8 Å². The van der Waals surface area contributed by atoms with Crippen LogP contribution in [0.5, 0.6) is 0 Å². The van der Waals surface area contributed by atoms with Gasteiger partial charge in [-0.1, -0.05) is 6.42 Å². The number of benzene rings is 1. The van der Waals surface area contributed by atoms with Crippen LogP contribution in [0.2, 0.25) is 0 Å². The summed E-state index contributed by atoms with van der Waals surface area (Å²) >= 11 is 1.43. The van der Waals surface area contributed by atoms with E-state index in [2.05, 4.69) is 10.6 Å². The first-order valence-electron chi connectivity index (χ1n) is 7.15. The molecule has 1 fully saturated rings. The lowest BCUT2D eigenvalue weighted by Gasteiger charge is -2.19. The second-order valence-electron chi connectivity index (χ2n) is 5.50. The van der Waals surface area contributed by atoms with Crippen LogP contribution >= 0.6 is 11.8 Å². The minimum absolute atomic E-state index is 0.0863. The van der Waals surface area contributed by atoms with E-state index < -0.39 is 11.9 Å². The standard InChI is InChI=1S/C15H16N2O4S/c18-13-7-22-12-5-4-8(6-11(12)16-13)14(19)17-10-3-1-2-9(10)15(20)21/h4-6,9-10H,1-3,7H2,(H,16,18)(H,17,19)(H,20,21)/t9-,10+/m1/s1. The molecule has 1 saturated carbocycles. The summed E-state index contributed by atoms with van der Waals surface area (Å²) in [6.45, 7) is 0. The highest BCUT2D eigenvalue weighted by Crippen LogP contribution is 2.32. The van der Waals surface area contributed by atoms with Crippen LogP contribution in [0.25, 0.3) is 0 Å². The summed E-state index contributed by atoms with van der Waals surface area (Å²) in [5.74, 6) is -1.39. The van der Waals surface area contributed by atoms with Crippen molar-refractivity contribution in [1.29, 1.82) is 0 Å². The number of anilines is 1. The largest absolute Gasteiger partial charge is 0.481 e. The van der Waals surface area contributed by atoms with Gasteiger partial charge in [0.25, 0.3) is 5.91 Å². The Kier molecular flexibility index (Phi) is 4.06. The number of nitrogens with one attached hydrogen (secondary N) is 2. The minimum atomic E-state index is -0.864. The van der Waals surface area contributed by atoms with Crippen LogP contribution in [0.1, 0.15) is 29.6 Å². The maximum atomic E-state index is 12.3. The fraction of sp³-hybridized carbons (Fsp3) is 0.400. The highest BCUT2D eigenvalue weighted by Gasteiger charge is 2.34. The zero-order chi connectivity index (χ0) is 15.7. The molecule has 0 spiro atoms. The van der Waals surface area contributed by atoms with Crippen LogP contribution < -0.4 is 10.6 Å². The summed E-state index contributed by atoms with van der Waals surface area (Å²) in [6, 6.07) is 4.81. The molecule has 7 heteroatoms. The molecule has 22 heavy (non-hydrogen) atoms. The number of carboxylic acids is 1. The maximum Gasteiger partial charge on any atom is 0.308 e. The Morgan fingerprint density at radius 1 is 1.32 bits per heavy atom. The Hall–Kier alpha value is -2.02. The van der Waals surface area contributed by atoms with Crippen molar-refractivity contribution < 1.29 is 19.5 Å². The summed E-state index contributed by atoms with van der Waals surface area (Å²) in [6.07, 6.45) is 2.08. The number of amides is 2. The zero-order valence-corrected chi connectivity index (χ0v) is 12.6. The molecule has 0 saturated heterocycles. The van der Waals surface area contributed by atoms with E-state index in [1.54, 1.807) is 18.2 Å². The first-order valence-corrected chi connectivity index (χ1v) is 8.13. The summed E-state index contributed by atoms with van der Waals surface area (Å²) in [4.78, 5) is 35.8. The number of carboxylic acid groups (broad SMARTS) is 1. The van der Waals surface area contributed by atoms with Crippen molar-refractivity contribution >= 4 is 35.2 Å². The Balaban J connectivity index is 1.74. The summed E-state index contributed by atoms with van der Waals surface area (Å²) in [5.41, 5.74) is 1.06. The Morgan fingerprint density at radius 3 is 2.91 bits per heavy atom. The average molecular weight is 320 g/mol. The molecule has 2 amide bonds. The maximum absolute atomic E-state index is 12.3. The number of carbonyl (C=O) groups is 3. The third kappa shape index (κ3) is 2.94. The van der Waals surface area contributed by atoms with Gasteiger partial charge in [-0.15, -0.1) is 11.8 Å². The quantitative estimate of drug-likeness (QED) is 0.788. The lowest BCUT2D eigenvalue weighted by molar-refractivity contribution is -0.142. The van der Waals surface area contributed by atoms with Gasteiger partial charge in [0.2, 0.25) is 5.91 Å². The van der Waals surface area contributed by atoms with E-state index in [4.69, 9.17) is 5.11 Å². The van der Waals surface area contributed by atoms with Gasteiger partial charge in [-0.25, -0.2) is 0 Å². The molecule has 0 radical (unpaired) electrons. The van der Waals surface area contributed by atoms with E-state index in [9.17, 15) is 14.4 Å². The molecule has 2 aliphatic rings. The Labute approximate surface area is 131 Å². The molecule has 1 aromatic rings. The lowest BCUT2D eigenvalue weighted by Crippen LogP contribution is -2.40. The predicted octanol–water partition coefficient (Wildman–Crippen LogP) is 1.71. The van der Waals surface area contributed by atoms with Crippen molar-refractivity contribution in [3.8, 4) is 0 Å². The van der Waals surface area contributed by atoms with Gasteiger partial charge < -0.3 is 15.7 Å². The van der Waals surface area contributed by atoms with E-state index in [0.29, 0.717) is 29.8 Å². The molecular formula is C15H16N2O4S. The van der Waals surface area contributed by atoms with E-state index in [-0.39, 0.29) is 17.9 Å². The van der Waals surface area contributed by atoms with Gasteiger partial charge in [0, 0.05) is 16.5 Å². The third-order valence-corrected chi connectivity index (χ3v) is 5.10. The SMILES string of the molecule is O=C1CSc2ccc(C(=O)N[C@H]3CCC[C@H]3C(=O)O)cc2N1. The number of hydrogen-bond donors (Lipinski definition) is 3. The molecule has 3 rings (SSSR count). The van der Waals surface area contributed by atoms with Crippen molar-refractivity contribution in [3.05, 3.63) is 23.8 Å². The average Bonchev–Trinajstić information content (AvgIpc) is 2.94. The van der Waals surface area contributed by atoms with Crippen LogP contribution in [0.3, 0.4) is 0 Å². The molecule has 6 nitrogen and oxygen atoms in total. The van der Waals surface area contributed by atoms with E-state index in [0.717, 1.165) is 11.3 Å². The number of hydrogen-bond acceptors (Lipinski definition) is 4. The van der Waals surface area contributed by atoms with Crippen LogP contribution in [-0.2, 0) is 9.59 Å². The number of thioether (sulfide) groups is 1. The van der Waals surface area contributed by atoms with Crippen LogP contribution in [0.4, 0.5) is 5.69 Å². The molecule has 116 valence electrons. The number of fused-ring (bicyclic) bond motifs is 1. The summed E-state index contributed by atoms with van der Waals surface area (Å²) in [5, 5.41) is 14.7. The molecule has 1 aromatic carbocycles. The Morgan fingerprint density at radius 2 is 2.14 bits per heavy atom. The third-order valence-electron chi connectivity index (χ3n) is 4.02. The first kappa shape index (κ1) is 14.9. The normalized spacial score (nSPS) is 23.5. The van der Waals surface area contributed by atoms with Crippen LogP contribution in [-0.4, -0.2) is 34.7 Å². The number of carbonyl (C=O) groups excluding carboxylic acids is 2. The van der Waals surface area contributed by atoms with E-state index in [1.807, 2.05) is 0 Å². The minimum Gasteiger partial charge on any atom is -0.481 e. The molecule has 0 unspecified atom stereocenters. The van der Waals surface area contributed by atoms with Gasteiger partial charge in [-0.3, -0.25) is 14.4 Å². The fourth-order valence-corrected chi connectivity index (χ4v) is 3.69. The first-order chi connectivity index (χ1) is 10.5. The highest BCUT2D eigenvalue weighted by molar-refractivity contribution is 8.00. The second-order valence-corrected chi connectivity index (χ2v) is 6.52. The molecule has 2 atom stereocenters. The van der Waals surface area contributed by atoms with Crippen molar-refractivity contribution in [2.45, 2.75) is 30.2 Å². The number of aliphatic carboxylic acids is 1. The second kappa shape index (κ2) is 6.00. The topological polar surface area (TPSA) is 95.5 Å². The van der Waals surface area contributed by atoms with Gasteiger partial charge in [-0.2, -0.15) is 0 Å². The van der Waals surface area contributed by atoms with Gasteiger partial charge in [0.15, 0.2) is 0 Å². The van der Waals surface area contributed by atoms with Gasteiger partial charge in [-0.05, 0) is 31.0 Å². The number of rotatable bonds is 3. The molecule has 1 aliphatic carbocycles. The zero-order valence-electron chi connectivity index (χ0n) is 11.8. The van der Waals surface area contributed by atoms with Crippen molar-refractivity contribution in [2.75, 3.05) is 11.1 Å². The van der Waals surface area contributed by atoms with Gasteiger partial charge in [0.1, 0.15) is 0 Å². The van der Waals surface area contributed by atoms with Gasteiger partial charge in [0.05, 0.1) is 17.4 Å². The smallest absolute Gasteiger partial charge is 0.308 e. The van der Waals surface area contributed by atoms with E-state index >= 15 is 0 Å². The molecule has 1 heterocycles. The van der Waals surface area contributed by atoms with Crippen molar-refractivity contribution in [1.82, 2.24) is 5.32 Å². The summed E-state index contributed by atoms with van der Waals surface area (Å²) < 4.78 is 0. The molecule has 1 aliphatic heterocycles. The molecular weight excluding hydrogens is 304 g/mol. The molecule has 0 aromatic heterocycles. The fourth-order valence-electron chi connectivity index (χ4n) is 2.90. The van der Waals surface area contributed by atoms with Crippen LogP contribution in [0, 0.1) is 5.92 Å². The highest BCUT2D eigenvalue weighted by atomic mass is 32.2. The monoisotopic (exact) mass is 320 g/mol. The molecule has 3 N–H and O–H groups in total. The van der Waals surface area contributed by atoms with Crippen molar-refractivity contribution in [3.63, 3.8) is 0 Å².